The number of nitrogens with one attached hydrogen (secondary N) is 2. The molecule has 0 aliphatic carbocycles. The van der Waals surface area contributed by atoms with E-state index in [1.165, 1.54) is 0 Å². The molecule has 6 nitrogen and oxygen atoms in total. The SMILES string of the molecule is COc1ccc(CC(=O)Nc2ccc3c(C(C)C)cc(=O)[nH]c3c2)cc1OC. The number of methoxy groups -OCH3 is 2. The van der Waals surface area contributed by atoms with Gasteiger partial charge in [0.2, 0.25) is 11.5 Å². The summed E-state index contributed by atoms with van der Waals surface area (Å²) in [6.07, 6.45) is 0.195. The van der Waals surface area contributed by atoms with Crippen LogP contribution in [0.2, 0.25) is 0 Å². The lowest BCUT2D eigenvalue weighted by Gasteiger charge is -2.12. The van der Waals surface area contributed by atoms with Gasteiger partial charge in [-0.1, -0.05) is 26.0 Å². The Balaban J connectivity index is 1.81. The van der Waals surface area contributed by atoms with Gasteiger partial charge in [0.25, 0.3) is 0 Å². The molecule has 3 rings (SSSR count). The van der Waals surface area contributed by atoms with Crippen LogP contribution in [0.25, 0.3) is 10.9 Å². The highest BCUT2D eigenvalue weighted by molar-refractivity contribution is 5.95. The van der Waals surface area contributed by atoms with E-state index in [-0.39, 0.29) is 23.8 Å². The van der Waals surface area contributed by atoms with Crippen LogP contribution in [0.15, 0.2) is 47.3 Å². The van der Waals surface area contributed by atoms with Crippen LogP contribution in [0.3, 0.4) is 0 Å². The van der Waals surface area contributed by atoms with Crippen LogP contribution >= 0.6 is 0 Å². The Kier molecular flexibility index (Phi) is 5.68. The molecule has 28 heavy (non-hydrogen) atoms. The molecular formula is C22H24N2O4. The highest BCUT2D eigenvalue weighted by Crippen LogP contribution is 2.28. The van der Waals surface area contributed by atoms with E-state index in [0.717, 1.165) is 16.5 Å². The molecule has 0 spiro atoms. The van der Waals surface area contributed by atoms with Crippen LogP contribution in [0.4, 0.5) is 5.69 Å². The molecular weight excluding hydrogens is 356 g/mol. The Morgan fingerprint density at radius 3 is 2.46 bits per heavy atom. The van der Waals surface area contributed by atoms with E-state index in [9.17, 15) is 9.59 Å². The summed E-state index contributed by atoms with van der Waals surface area (Å²) in [5.74, 6) is 1.27. The van der Waals surface area contributed by atoms with E-state index in [2.05, 4.69) is 10.3 Å². The van der Waals surface area contributed by atoms with Gasteiger partial charge in [0.15, 0.2) is 11.5 Å². The third-order valence-electron chi connectivity index (χ3n) is 4.59. The molecule has 2 aromatic carbocycles. The summed E-state index contributed by atoms with van der Waals surface area (Å²) in [7, 11) is 3.13. The fraction of sp³-hybridized carbons (Fsp3) is 0.273. The molecule has 0 aliphatic rings. The first-order chi connectivity index (χ1) is 13.4. The average Bonchev–Trinajstić information content (AvgIpc) is 2.66. The molecule has 1 aromatic heterocycles. The Labute approximate surface area is 163 Å². The summed E-state index contributed by atoms with van der Waals surface area (Å²) in [5.41, 5.74) is 2.99. The van der Waals surface area contributed by atoms with Gasteiger partial charge >= 0.3 is 0 Å². The van der Waals surface area contributed by atoms with Crippen molar-refractivity contribution in [2.24, 2.45) is 0 Å². The third-order valence-corrected chi connectivity index (χ3v) is 4.59. The summed E-state index contributed by atoms with van der Waals surface area (Å²) in [6, 6.07) is 12.6. The second-order valence-electron chi connectivity index (χ2n) is 6.92. The molecule has 3 aromatic rings. The van der Waals surface area contributed by atoms with Gasteiger partial charge in [0.1, 0.15) is 0 Å². The van der Waals surface area contributed by atoms with Crippen LogP contribution in [0.1, 0.15) is 30.9 Å². The smallest absolute Gasteiger partial charge is 0.248 e. The molecule has 2 N–H and O–H groups in total. The molecule has 0 atom stereocenters. The lowest BCUT2D eigenvalue weighted by Crippen LogP contribution is -2.15. The summed E-state index contributed by atoms with van der Waals surface area (Å²) in [6.45, 7) is 4.10. The van der Waals surface area contributed by atoms with E-state index in [1.807, 2.05) is 32.0 Å². The van der Waals surface area contributed by atoms with Gasteiger partial charge in [-0.2, -0.15) is 0 Å². The minimum Gasteiger partial charge on any atom is -0.493 e. The predicted molar refractivity (Wildman–Crippen MR) is 111 cm³/mol. The second kappa shape index (κ2) is 8.17. The van der Waals surface area contributed by atoms with Crippen LogP contribution in [-0.4, -0.2) is 25.1 Å². The molecule has 0 unspecified atom stereocenters. The van der Waals surface area contributed by atoms with E-state index in [4.69, 9.17) is 9.47 Å². The molecule has 0 bridgehead atoms. The van der Waals surface area contributed by atoms with Crippen molar-refractivity contribution < 1.29 is 14.3 Å². The van der Waals surface area contributed by atoms with Crippen molar-refractivity contribution in [1.29, 1.82) is 0 Å². The van der Waals surface area contributed by atoms with Crippen molar-refractivity contribution >= 4 is 22.5 Å². The van der Waals surface area contributed by atoms with E-state index >= 15 is 0 Å². The standard InChI is InChI=1S/C22H24N2O4/c1-13(2)17-12-22(26)24-18-11-15(6-7-16(17)18)23-21(25)10-14-5-8-19(27-3)20(9-14)28-4/h5-9,11-13H,10H2,1-4H3,(H,23,25)(H,24,26). The van der Waals surface area contributed by atoms with Crippen molar-refractivity contribution in [3.8, 4) is 11.5 Å². The number of anilines is 1. The van der Waals surface area contributed by atoms with E-state index in [1.54, 1.807) is 38.5 Å². The molecule has 0 saturated heterocycles. The minimum absolute atomic E-state index is 0.148. The maximum absolute atomic E-state index is 12.5. The molecule has 6 heteroatoms. The van der Waals surface area contributed by atoms with Gasteiger partial charge in [-0.3, -0.25) is 9.59 Å². The number of pyridine rings is 1. The van der Waals surface area contributed by atoms with Gasteiger partial charge in [0, 0.05) is 17.1 Å². The predicted octanol–water partition coefficient (Wildman–Crippen LogP) is 3.85. The molecule has 1 heterocycles. The number of aromatic nitrogens is 1. The third kappa shape index (κ3) is 4.17. The van der Waals surface area contributed by atoms with Crippen LogP contribution in [0, 0.1) is 0 Å². The number of benzene rings is 2. The number of carbonyl (C=O) groups excluding carboxylic acids is 1. The molecule has 0 aliphatic heterocycles. The second-order valence-corrected chi connectivity index (χ2v) is 6.92. The number of H-pyrrole nitrogens is 1. The van der Waals surface area contributed by atoms with Crippen LogP contribution in [-0.2, 0) is 11.2 Å². The van der Waals surface area contributed by atoms with Crippen molar-refractivity contribution in [2.45, 2.75) is 26.2 Å². The van der Waals surface area contributed by atoms with Gasteiger partial charge in [-0.15, -0.1) is 0 Å². The Bertz CT molecular complexity index is 1070. The number of aromatic amines is 1. The number of fused-ring (bicyclic) bond motifs is 1. The molecule has 1 amide bonds. The lowest BCUT2D eigenvalue weighted by molar-refractivity contribution is -0.115. The fourth-order valence-electron chi connectivity index (χ4n) is 3.22. The number of hydrogen-bond donors (Lipinski definition) is 2. The molecule has 0 radical (unpaired) electrons. The van der Waals surface area contributed by atoms with Crippen molar-refractivity contribution in [2.75, 3.05) is 19.5 Å². The number of carbonyl (C=O) groups is 1. The summed E-state index contributed by atoms with van der Waals surface area (Å²) < 4.78 is 10.5. The summed E-state index contributed by atoms with van der Waals surface area (Å²) in [4.78, 5) is 27.2. The maximum atomic E-state index is 12.5. The lowest BCUT2D eigenvalue weighted by atomic mass is 9.99. The monoisotopic (exact) mass is 380 g/mol. The Hall–Kier alpha value is -3.28. The van der Waals surface area contributed by atoms with E-state index < -0.39 is 0 Å². The first-order valence-corrected chi connectivity index (χ1v) is 9.09. The largest absolute Gasteiger partial charge is 0.493 e. The zero-order valence-electron chi connectivity index (χ0n) is 16.5. The fourth-order valence-corrected chi connectivity index (χ4v) is 3.22. The Morgan fingerprint density at radius 2 is 1.79 bits per heavy atom. The highest BCUT2D eigenvalue weighted by Gasteiger charge is 2.11. The number of amides is 1. The topological polar surface area (TPSA) is 80.4 Å². The number of hydrogen-bond acceptors (Lipinski definition) is 4. The van der Waals surface area contributed by atoms with Gasteiger partial charge < -0.3 is 19.8 Å². The summed E-state index contributed by atoms with van der Waals surface area (Å²) >= 11 is 0. The maximum Gasteiger partial charge on any atom is 0.248 e. The van der Waals surface area contributed by atoms with Crippen molar-refractivity contribution in [3.05, 3.63) is 63.9 Å². The van der Waals surface area contributed by atoms with Gasteiger partial charge in [-0.25, -0.2) is 0 Å². The number of rotatable bonds is 6. The zero-order valence-corrected chi connectivity index (χ0v) is 16.5. The first-order valence-electron chi connectivity index (χ1n) is 9.09. The molecule has 0 fully saturated rings. The van der Waals surface area contributed by atoms with Crippen LogP contribution in [0.5, 0.6) is 11.5 Å². The van der Waals surface area contributed by atoms with E-state index in [0.29, 0.717) is 22.7 Å². The average molecular weight is 380 g/mol. The normalized spacial score (nSPS) is 10.9. The van der Waals surface area contributed by atoms with Gasteiger partial charge in [-0.05, 0) is 41.3 Å². The minimum atomic E-state index is -0.158. The van der Waals surface area contributed by atoms with Crippen LogP contribution < -0.4 is 20.3 Å². The first kappa shape index (κ1) is 19.5. The molecule has 0 saturated carbocycles. The highest BCUT2D eigenvalue weighted by atomic mass is 16.5. The van der Waals surface area contributed by atoms with Gasteiger partial charge in [0.05, 0.1) is 26.2 Å². The molecule has 146 valence electrons. The summed E-state index contributed by atoms with van der Waals surface area (Å²) in [5, 5.41) is 3.86. The zero-order chi connectivity index (χ0) is 20.3. The van der Waals surface area contributed by atoms with Crippen molar-refractivity contribution in [1.82, 2.24) is 4.98 Å². The number of ether oxygens (including phenoxy) is 2. The van der Waals surface area contributed by atoms with Crippen molar-refractivity contribution in [3.63, 3.8) is 0 Å². The Morgan fingerprint density at radius 1 is 1.04 bits per heavy atom. The quantitative estimate of drug-likeness (QED) is 0.681.